The largest absolute Gasteiger partial charge is 0.465 e. The number of amides is 4. The fourth-order valence-electron chi connectivity index (χ4n) is 10.2. The van der Waals surface area contributed by atoms with Crippen LogP contribution in [-0.4, -0.2) is 114 Å². The molecule has 0 aliphatic heterocycles. The van der Waals surface area contributed by atoms with Crippen molar-refractivity contribution in [2.24, 2.45) is 0 Å². The van der Waals surface area contributed by atoms with Crippen molar-refractivity contribution >= 4 is 90.5 Å². The van der Waals surface area contributed by atoms with Gasteiger partial charge in [0.25, 0.3) is 23.6 Å². The Morgan fingerprint density at radius 3 is 1.20 bits per heavy atom. The minimum Gasteiger partial charge on any atom is -0.465 e. The minimum atomic E-state index is -4.78. The summed E-state index contributed by atoms with van der Waals surface area (Å²) in [6.45, 7) is 11.0. The Kier molecular flexibility index (Phi) is 17.2. The Morgan fingerprint density at radius 2 is 0.848 bits per heavy atom. The van der Waals surface area contributed by atoms with E-state index in [0.717, 1.165) is 50.4 Å². The summed E-state index contributed by atoms with van der Waals surface area (Å²) >= 11 is 0. The van der Waals surface area contributed by atoms with E-state index in [0.29, 0.717) is 91.3 Å². The fourth-order valence-corrected chi connectivity index (χ4v) is 10.2. The monoisotopic (exact) mass is 1340 g/mol. The van der Waals surface area contributed by atoms with E-state index in [1.54, 1.807) is 62.9 Å². The van der Waals surface area contributed by atoms with Crippen molar-refractivity contribution < 1.29 is 45.7 Å². The number of benzene rings is 4. The fraction of sp³-hybridized carbons (Fsp3) is 0.119. The average molecular weight is 1340 g/mol. The molecule has 29 nitrogen and oxygen atoms in total. The summed E-state index contributed by atoms with van der Waals surface area (Å²) < 4.78 is 54.5. The number of anilines is 4. The number of carbonyl (C=O) groups excluding carboxylic acids is 4. The van der Waals surface area contributed by atoms with Crippen LogP contribution >= 0.6 is 0 Å². The number of furan rings is 2. The number of aromatic nitrogens is 18. The van der Waals surface area contributed by atoms with Crippen molar-refractivity contribution in [1.82, 2.24) is 90.8 Å². The number of nitrogens with zero attached hydrogens (tertiary/aromatic N) is 9. The van der Waals surface area contributed by atoms with Gasteiger partial charge in [-0.05, 0) is 87.5 Å². The van der Waals surface area contributed by atoms with Crippen LogP contribution in [0.5, 0.6) is 0 Å². The first-order chi connectivity index (χ1) is 47.7. The molecule has 498 valence electrons. The van der Waals surface area contributed by atoms with Crippen LogP contribution < -0.4 is 21.3 Å². The van der Waals surface area contributed by atoms with Gasteiger partial charge in [-0.2, -0.15) is 33.6 Å². The molecule has 0 atom stereocenters. The van der Waals surface area contributed by atoms with Gasteiger partial charge in [0, 0.05) is 23.9 Å². The number of para-hydroxylation sites is 8. The number of aromatic amines is 9. The van der Waals surface area contributed by atoms with E-state index in [9.17, 15) is 32.3 Å². The number of rotatable bonds is 12. The van der Waals surface area contributed by atoms with Gasteiger partial charge in [-0.15, -0.1) is 0 Å². The van der Waals surface area contributed by atoms with E-state index < -0.39 is 23.4 Å². The molecule has 12 heterocycles. The lowest BCUT2D eigenvalue weighted by Crippen LogP contribution is -2.17. The molecule has 0 saturated heterocycles. The number of halogens is 3. The molecule has 16 rings (SSSR count). The highest BCUT2D eigenvalue weighted by Crippen LogP contribution is 2.36. The second-order valence-electron chi connectivity index (χ2n) is 23.2. The quantitative estimate of drug-likeness (QED) is 0.0540. The van der Waals surface area contributed by atoms with E-state index in [1.165, 1.54) is 19.3 Å². The molecule has 0 aliphatic rings. The normalized spacial score (nSPS) is 11.4. The summed E-state index contributed by atoms with van der Waals surface area (Å²) in [6.07, 6.45) is 4.50. The first kappa shape index (κ1) is 64.0. The highest BCUT2D eigenvalue weighted by molar-refractivity contribution is 6.08. The summed E-state index contributed by atoms with van der Waals surface area (Å²) in [6, 6.07) is 36.5. The van der Waals surface area contributed by atoms with Gasteiger partial charge in [0.2, 0.25) is 5.76 Å². The average Bonchev–Trinajstić information content (AvgIpc) is 1.70. The van der Waals surface area contributed by atoms with Crippen molar-refractivity contribution in [2.45, 2.75) is 53.1 Å². The molecule has 16 aromatic rings. The van der Waals surface area contributed by atoms with Gasteiger partial charge in [-0.3, -0.25) is 39.6 Å². The molecule has 4 aromatic carbocycles. The zero-order chi connectivity index (χ0) is 69.1. The van der Waals surface area contributed by atoms with Gasteiger partial charge in [0.15, 0.2) is 29.0 Å². The molecule has 32 heteroatoms. The highest BCUT2D eigenvalue weighted by Gasteiger charge is 2.40. The molecule has 0 spiro atoms. The van der Waals surface area contributed by atoms with Crippen LogP contribution in [0.4, 0.5) is 35.9 Å². The van der Waals surface area contributed by atoms with Gasteiger partial charge in [0.05, 0.1) is 108 Å². The number of hydrogen-bond acceptors (Lipinski definition) is 16. The number of hydrogen-bond donors (Lipinski definition) is 13. The summed E-state index contributed by atoms with van der Waals surface area (Å²) in [7, 11) is 0. The van der Waals surface area contributed by atoms with Crippen LogP contribution in [0.15, 0.2) is 172 Å². The third-order valence-electron chi connectivity index (χ3n) is 15.0. The van der Waals surface area contributed by atoms with Crippen LogP contribution in [0.1, 0.15) is 91.1 Å². The molecule has 0 bridgehead atoms. The molecule has 13 N–H and O–H groups in total. The van der Waals surface area contributed by atoms with Crippen molar-refractivity contribution in [3.63, 3.8) is 0 Å². The maximum Gasteiger partial charge on any atom is 0.450 e. The first-order valence-corrected chi connectivity index (χ1v) is 30.2. The second kappa shape index (κ2) is 26.6. The van der Waals surface area contributed by atoms with Crippen molar-refractivity contribution in [3.8, 4) is 46.1 Å². The van der Waals surface area contributed by atoms with Gasteiger partial charge in [-0.25, -0.2) is 19.9 Å². The summed E-state index contributed by atoms with van der Waals surface area (Å²) in [4.78, 5) is 83.0. The van der Waals surface area contributed by atoms with Crippen molar-refractivity contribution in [3.05, 3.63) is 210 Å². The van der Waals surface area contributed by atoms with Crippen LogP contribution in [0.25, 0.3) is 90.2 Å². The van der Waals surface area contributed by atoms with Crippen molar-refractivity contribution in [2.75, 3.05) is 21.3 Å². The lowest BCUT2D eigenvalue weighted by Gasteiger charge is -2.13. The number of nitrogens with one attached hydrogen (secondary N) is 13. The predicted molar refractivity (Wildman–Crippen MR) is 359 cm³/mol. The minimum absolute atomic E-state index is 0.0165. The predicted octanol–water partition coefficient (Wildman–Crippen LogP) is 13.6. The number of aryl methyl sites for hydroxylation is 3. The number of alkyl halides is 3. The molecule has 0 saturated carbocycles. The van der Waals surface area contributed by atoms with E-state index in [1.807, 2.05) is 112 Å². The van der Waals surface area contributed by atoms with Crippen LogP contribution in [0, 0.1) is 20.8 Å². The number of carbonyl (C=O) groups is 4. The topological polar surface area (TPSA) is 414 Å². The Labute approximate surface area is 555 Å². The highest BCUT2D eigenvalue weighted by atomic mass is 19.4. The molecule has 0 unspecified atom stereocenters. The Morgan fingerprint density at radius 1 is 0.455 bits per heavy atom. The van der Waals surface area contributed by atoms with Crippen LogP contribution in [-0.2, 0) is 11.6 Å². The molecule has 0 radical (unpaired) electrons. The molecule has 12 aromatic heterocycles. The zero-order valence-electron chi connectivity index (χ0n) is 53.0. The molecule has 0 fully saturated rings. The van der Waals surface area contributed by atoms with E-state index >= 15 is 0 Å². The Hall–Kier alpha value is -13.7. The SMILES string of the molecule is Cc1cc(C(=O)Nc2cn[nH]c2-c2nc3ccccc3[nH]2)c(C(F)(F)F)o1.Cc1cc(C(=O)Nc2cn[nH]c2-c2nc3ccccc3[nH]2)no1.Cc1oc(C(C)(C)C)cc1C(=O)Nc1cn[nH]c1-c1nc2ccccc2[nH]1.O=C(Nc1cn[nH]c1-c1nc2ccccc2[nH]1)c1cc[nH]c1. The first-order valence-electron chi connectivity index (χ1n) is 30.2. The van der Waals surface area contributed by atoms with Gasteiger partial charge >= 0.3 is 6.18 Å². The number of fused-ring (bicyclic) bond motifs is 4. The van der Waals surface area contributed by atoms with E-state index in [4.69, 9.17) is 8.94 Å². The smallest absolute Gasteiger partial charge is 0.450 e. The maximum absolute atomic E-state index is 13.1. The van der Waals surface area contributed by atoms with E-state index in [2.05, 4.69) is 116 Å². The summed E-state index contributed by atoms with van der Waals surface area (Å²) in [5.41, 5.74) is 11.3. The van der Waals surface area contributed by atoms with Gasteiger partial charge < -0.3 is 59.5 Å². The van der Waals surface area contributed by atoms with Gasteiger partial charge in [0.1, 0.15) is 45.8 Å². The van der Waals surface area contributed by atoms with Crippen LogP contribution in [0.2, 0.25) is 0 Å². The second-order valence-corrected chi connectivity index (χ2v) is 23.2. The van der Waals surface area contributed by atoms with Crippen molar-refractivity contribution in [1.29, 1.82) is 0 Å². The molecule has 0 aliphatic carbocycles. The Bertz CT molecular complexity index is 5430. The molecular weight excluding hydrogens is 1280 g/mol. The molecule has 4 amide bonds. The Balaban J connectivity index is 0.000000119. The third-order valence-corrected chi connectivity index (χ3v) is 15.0. The lowest BCUT2D eigenvalue weighted by atomic mass is 9.93. The molecular formula is C67H57F3N22O7. The zero-order valence-corrected chi connectivity index (χ0v) is 53.0. The molecule has 99 heavy (non-hydrogen) atoms. The van der Waals surface area contributed by atoms with E-state index in [-0.39, 0.29) is 40.3 Å². The number of imidazole rings is 4. The standard InChI is InChI=1S/C20H21N5O2.C17H12F3N5O2.C15H12N6O2.C15H12N6O/c1-11-12(9-16(27-11)20(2,3)4)19(26)24-15-10-21-25-17(15)18-22-13-7-5-6-8-14(13)23-18;1-8-6-9(14(27-8)17(18,19)20)16(26)24-12-7-21-25-13(12)15-22-10-4-2-3-5-11(10)23-15;1-8-6-11(21-23-8)15(22)19-12-7-16-20-13(12)14-17-9-4-2-3-5-10(9)18-14;22-15(9-5-6-16-7-9)20-12-8-17-21-13(12)14-18-10-3-1-2-4-11(10)19-14/h5-10H,1-4H3,(H,21,25)(H,22,23)(H,24,26);2-7H,1H3,(H,21,25)(H,22,23)(H,24,26);2-7H,1H3,(H,16,20)(H,17,18)(H,19,22);1-8,16H,(H,17,21)(H,18,19)(H,20,22). The van der Waals surface area contributed by atoms with Crippen LogP contribution in [0.3, 0.4) is 0 Å². The summed E-state index contributed by atoms with van der Waals surface area (Å²) in [5, 5.41) is 41.8. The van der Waals surface area contributed by atoms with Gasteiger partial charge in [-0.1, -0.05) is 74.5 Å². The summed E-state index contributed by atoms with van der Waals surface area (Å²) in [5.74, 6) is 1.01. The number of H-pyrrole nitrogens is 9. The third kappa shape index (κ3) is 14.0. The lowest BCUT2D eigenvalue weighted by molar-refractivity contribution is -0.153. The maximum atomic E-state index is 13.1.